The predicted molar refractivity (Wildman–Crippen MR) is 120 cm³/mol. The second kappa shape index (κ2) is 11.4. The summed E-state index contributed by atoms with van der Waals surface area (Å²) in [7, 11) is 0. The van der Waals surface area contributed by atoms with Crippen molar-refractivity contribution in [3.8, 4) is 0 Å². The Kier molecular flexibility index (Phi) is 9.17. The van der Waals surface area contributed by atoms with E-state index in [-0.39, 0.29) is 29.4 Å². The minimum Gasteiger partial charge on any atom is -0.352 e. The molecule has 0 aliphatic rings. The third-order valence-corrected chi connectivity index (χ3v) is 5.73. The topological polar surface area (TPSA) is 49.4 Å². The molecule has 0 saturated carbocycles. The van der Waals surface area contributed by atoms with Crippen molar-refractivity contribution in [3.05, 3.63) is 69.9 Å². The van der Waals surface area contributed by atoms with Gasteiger partial charge >= 0.3 is 0 Å². The lowest BCUT2D eigenvalue weighted by molar-refractivity contribution is -0.138. The van der Waals surface area contributed by atoms with Crippen LogP contribution in [-0.2, 0) is 21.9 Å². The molecule has 0 heterocycles. The van der Waals surface area contributed by atoms with Crippen LogP contribution in [0.2, 0.25) is 0 Å². The van der Waals surface area contributed by atoms with Gasteiger partial charge in [-0.1, -0.05) is 40.2 Å². The number of carbonyl (C=O) groups excluding carboxylic acids is 2. The Morgan fingerprint density at radius 1 is 1.10 bits per heavy atom. The molecule has 29 heavy (non-hydrogen) atoms. The van der Waals surface area contributed by atoms with Crippen LogP contribution in [0.4, 0.5) is 4.39 Å². The standard InChI is InChI=1S/C22H26BrFN2O2S/c1-15(2)25-22(28)16(3)26(12-18-5-4-6-19(23)11-18)21(27)14-29-13-17-7-9-20(24)10-8-17/h4-11,15-16H,12-14H2,1-3H3,(H,25,28)/t16-/m0/s1. The van der Waals surface area contributed by atoms with Gasteiger partial charge in [0.05, 0.1) is 5.75 Å². The van der Waals surface area contributed by atoms with E-state index in [2.05, 4.69) is 21.2 Å². The molecule has 0 spiro atoms. The first-order valence-electron chi connectivity index (χ1n) is 9.42. The van der Waals surface area contributed by atoms with Crippen LogP contribution in [0.15, 0.2) is 53.0 Å². The summed E-state index contributed by atoms with van der Waals surface area (Å²) >= 11 is 4.90. The van der Waals surface area contributed by atoms with Crippen LogP contribution >= 0.6 is 27.7 Å². The number of carbonyl (C=O) groups is 2. The van der Waals surface area contributed by atoms with Crippen molar-refractivity contribution in [2.24, 2.45) is 0 Å². The number of halogens is 2. The van der Waals surface area contributed by atoms with Gasteiger partial charge in [0, 0.05) is 22.8 Å². The van der Waals surface area contributed by atoms with Gasteiger partial charge in [0.25, 0.3) is 0 Å². The van der Waals surface area contributed by atoms with Crippen molar-refractivity contribution in [1.82, 2.24) is 10.2 Å². The summed E-state index contributed by atoms with van der Waals surface area (Å²) < 4.78 is 13.9. The first-order valence-corrected chi connectivity index (χ1v) is 11.4. The van der Waals surface area contributed by atoms with Crippen LogP contribution in [0.25, 0.3) is 0 Å². The van der Waals surface area contributed by atoms with Crippen molar-refractivity contribution in [3.63, 3.8) is 0 Å². The van der Waals surface area contributed by atoms with Crippen molar-refractivity contribution in [2.75, 3.05) is 5.75 Å². The number of thioether (sulfide) groups is 1. The number of hydrogen-bond acceptors (Lipinski definition) is 3. The second-order valence-electron chi connectivity index (χ2n) is 7.11. The summed E-state index contributed by atoms with van der Waals surface area (Å²) in [4.78, 5) is 27.1. The maximum atomic E-state index is 13.0. The highest BCUT2D eigenvalue weighted by Crippen LogP contribution is 2.18. The number of nitrogens with zero attached hydrogens (tertiary/aromatic N) is 1. The molecule has 0 unspecified atom stereocenters. The zero-order valence-electron chi connectivity index (χ0n) is 16.8. The lowest BCUT2D eigenvalue weighted by atomic mass is 10.1. The number of benzene rings is 2. The van der Waals surface area contributed by atoms with Crippen molar-refractivity contribution < 1.29 is 14.0 Å². The monoisotopic (exact) mass is 480 g/mol. The van der Waals surface area contributed by atoms with Crippen molar-refractivity contribution >= 4 is 39.5 Å². The molecule has 2 rings (SSSR count). The van der Waals surface area contributed by atoms with Gasteiger partial charge in [-0.25, -0.2) is 4.39 Å². The highest BCUT2D eigenvalue weighted by Gasteiger charge is 2.26. The molecule has 0 bridgehead atoms. The van der Waals surface area contributed by atoms with Crippen LogP contribution in [0.5, 0.6) is 0 Å². The van der Waals surface area contributed by atoms with Gasteiger partial charge in [-0.05, 0) is 56.2 Å². The molecule has 0 saturated heterocycles. The maximum Gasteiger partial charge on any atom is 0.242 e. The summed E-state index contributed by atoms with van der Waals surface area (Å²) in [6, 6.07) is 13.4. The average molecular weight is 481 g/mol. The first kappa shape index (κ1) is 23.4. The fourth-order valence-electron chi connectivity index (χ4n) is 2.74. The van der Waals surface area contributed by atoms with E-state index in [0.29, 0.717) is 12.3 Å². The quantitative estimate of drug-likeness (QED) is 0.562. The van der Waals surface area contributed by atoms with Crippen LogP contribution in [0, 0.1) is 5.82 Å². The van der Waals surface area contributed by atoms with Crippen LogP contribution in [-0.4, -0.2) is 34.6 Å². The molecule has 0 fully saturated rings. The van der Waals surface area contributed by atoms with E-state index in [1.54, 1.807) is 24.0 Å². The Morgan fingerprint density at radius 2 is 1.79 bits per heavy atom. The molecule has 2 amide bonds. The Balaban J connectivity index is 2.06. The molecule has 4 nitrogen and oxygen atoms in total. The Hall–Kier alpha value is -1.86. The van der Waals surface area contributed by atoms with Crippen molar-refractivity contribution in [1.29, 1.82) is 0 Å². The molecule has 1 N–H and O–H groups in total. The van der Waals surface area contributed by atoms with Crippen LogP contribution < -0.4 is 5.32 Å². The largest absolute Gasteiger partial charge is 0.352 e. The third-order valence-electron chi connectivity index (χ3n) is 4.25. The Labute approximate surface area is 184 Å². The molecule has 0 aliphatic heterocycles. The zero-order chi connectivity index (χ0) is 21.4. The molecule has 0 aromatic heterocycles. The molecular weight excluding hydrogens is 455 g/mol. The predicted octanol–water partition coefficient (Wildman–Crippen LogP) is 4.76. The van der Waals surface area contributed by atoms with E-state index in [1.165, 1.54) is 23.9 Å². The summed E-state index contributed by atoms with van der Waals surface area (Å²) in [6.45, 7) is 5.88. The Bertz CT molecular complexity index is 830. The van der Waals surface area contributed by atoms with Crippen LogP contribution in [0.1, 0.15) is 31.9 Å². The van der Waals surface area contributed by atoms with Gasteiger partial charge in [-0.2, -0.15) is 0 Å². The van der Waals surface area contributed by atoms with Gasteiger partial charge < -0.3 is 10.2 Å². The van der Waals surface area contributed by atoms with E-state index in [0.717, 1.165) is 15.6 Å². The van der Waals surface area contributed by atoms with E-state index < -0.39 is 6.04 Å². The maximum absolute atomic E-state index is 13.0. The zero-order valence-corrected chi connectivity index (χ0v) is 19.2. The normalized spacial score (nSPS) is 11.9. The highest BCUT2D eigenvalue weighted by molar-refractivity contribution is 9.10. The highest BCUT2D eigenvalue weighted by atomic mass is 79.9. The van der Waals surface area contributed by atoms with E-state index in [4.69, 9.17) is 0 Å². The summed E-state index contributed by atoms with van der Waals surface area (Å²) in [6.07, 6.45) is 0. The fraction of sp³-hybridized carbons (Fsp3) is 0.364. The lowest BCUT2D eigenvalue weighted by Gasteiger charge is -2.29. The summed E-state index contributed by atoms with van der Waals surface area (Å²) in [5.74, 6) is 0.281. The summed E-state index contributed by atoms with van der Waals surface area (Å²) in [5.41, 5.74) is 1.90. The molecular formula is C22H26BrFN2O2S. The van der Waals surface area contributed by atoms with Gasteiger partial charge in [0.1, 0.15) is 11.9 Å². The SMILES string of the molecule is CC(C)NC(=O)[C@H](C)N(Cc1cccc(Br)c1)C(=O)CSCc1ccc(F)cc1. The van der Waals surface area contributed by atoms with E-state index in [1.807, 2.05) is 38.1 Å². The van der Waals surface area contributed by atoms with Crippen molar-refractivity contribution in [2.45, 2.75) is 45.2 Å². The molecule has 2 aromatic rings. The average Bonchev–Trinajstić information content (AvgIpc) is 2.66. The van der Waals surface area contributed by atoms with E-state index in [9.17, 15) is 14.0 Å². The molecule has 2 aromatic carbocycles. The molecule has 156 valence electrons. The van der Waals surface area contributed by atoms with Gasteiger partial charge in [-0.15, -0.1) is 11.8 Å². The minimum absolute atomic E-state index is 0.000577. The lowest BCUT2D eigenvalue weighted by Crippen LogP contribution is -2.49. The molecule has 0 radical (unpaired) electrons. The van der Waals surface area contributed by atoms with E-state index >= 15 is 0 Å². The first-order chi connectivity index (χ1) is 13.8. The number of hydrogen-bond donors (Lipinski definition) is 1. The smallest absolute Gasteiger partial charge is 0.242 e. The summed E-state index contributed by atoms with van der Waals surface area (Å²) in [5, 5.41) is 2.88. The third kappa shape index (κ3) is 7.82. The number of rotatable bonds is 9. The van der Waals surface area contributed by atoms with Gasteiger partial charge in [0.2, 0.25) is 11.8 Å². The molecule has 0 aliphatic carbocycles. The van der Waals surface area contributed by atoms with Gasteiger partial charge in [0.15, 0.2) is 0 Å². The second-order valence-corrected chi connectivity index (χ2v) is 9.01. The number of amides is 2. The Morgan fingerprint density at radius 3 is 2.41 bits per heavy atom. The minimum atomic E-state index is -0.588. The van der Waals surface area contributed by atoms with Gasteiger partial charge in [-0.3, -0.25) is 9.59 Å². The fourth-order valence-corrected chi connectivity index (χ4v) is 4.06. The molecule has 7 heteroatoms. The number of nitrogens with one attached hydrogen (secondary N) is 1. The van der Waals surface area contributed by atoms with Crippen LogP contribution in [0.3, 0.4) is 0 Å². The molecule has 1 atom stereocenters.